The van der Waals surface area contributed by atoms with Crippen molar-refractivity contribution in [2.45, 2.75) is 44.2 Å². The molecule has 0 spiro atoms. The van der Waals surface area contributed by atoms with Gasteiger partial charge in [-0.05, 0) is 61.4 Å². The lowest BCUT2D eigenvalue weighted by molar-refractivity contribution is -0.124. The standard InChI is InChI=1S/C23H24ClN3O4/c1-31-19-12-10-18(11-13-19)27-22(29)20(26(23(27)30)17-4-2-3-5-17)14-21(28)25-16-8-6-15(24)7-9-16/h6-13,17,20H,2-5,14H2,1H3,(H,25,28)/t20-/m1/s1. The zero-order valence-electron chi connectivity index (χ0n) is 17.2. The van der Waals surface area contributed by atoms with E-state index >= 15 is 0 Å². The van der Waals surface area contributed by atoms with E-state index in [0.717, 1.165) is 25.7 Å². The van der Waals surface area contributed by atoms with Crippen LogP contribution in [0, 0.1) is 0 Å². The van der Waals surface area contributed by atoms with E-state index in [1.165, 1.54) is 4.90 Å². The van der Waals surface area contributed by atoms with Crippen LogP contribution in [0.5, 0.6) is 5.75 Å². The van der Waals surface area contributed by atoms with Crippen molar-refractivity contribution in [3.05, 3.63) is 53.6 Å². The summed E-state index contributed by atoms with van der Waals surface area (Å²) in [5.74, 6) is -0.0734. The number of carbonyl (C=O) groups excluding carboxylic acids is 3. The van der Waals surface area contributed by atoms with Gasteiger partial charge in [0, 0.05) is 16.8 Å². The number of hydrogen-bond donors (Lipinski definition) is 1. The molecule has 4 rings (SSSR count). The maximum Gasteiger partial charge on any atom is 0.332 e. The second kappa shape index (κ2) is 8.98. The smallest absolute Gasteiger partial charge is 0.332 e. The third kappa shape index (κ3) is 4.37. The van der Waals surface area contributed by atoms with E-state index in [1.807, 2.05) is 0 Å². The van der Waals surface area contributed by atoms with Crippen LogP contribution in [-0.2, 0) is 9.59 Å². The summed E-state index contributed by atoms with van der Waals surface area (Å²) in [5.41, 5.74) is 1.06. The van der Waals surface area contributed by atoms with Crippen LogP contribution in [0.15, 0.2) is 48.5 Å². The normalized spacial score (nSPS) is 19.2. The Bertz CT molecular complexity index is 971. The Hall–Kier alpha value is -3.06. The fraction of sp³-hybridized carbons (Fsp3) is 0.348. The number of ether oxygens (including phenoxy) is 1. The van der Waals surface area contributed by atoms with E-state index < -0.39 is 6.04 Å². The molecule has 0 bridgehead atoms. The van der Waals surface area contributed by atoms with Crippen molar-refractivity contribution < 1.29 is 19.1 Å². The van der Waals surface area contributed by atoms with Crippen LogP contribution in [0.25, 0.3) is 0 Å². The summed E-state index contributed by atoms with van der Waals surface area (Å²) in [4.78, 5) is 42.1. The third-order valence-electron chi connectivity index (χ3n) is 5.81. The topological polar surface area (TPSA) is 79.0 Å². The first-order valence-electron chi connectivity index (χ1n) is 10.3. The van der Waals surface area contributed by atoms with E-state index in [0.29, 0.717) is 22.1 Å². The van der Waals surface area contributed by atoms with Crippen LogP contribution < -0.4 is 15.0 Å². The Kier molecular flexibility index (Phi) is 6.13. The van der Waals surface area contributed by atoms with E-state index in [2.05, 4.69) is 5.32 Å². The largest absolute Gasteiger partial charge is 0.497 e. The van der Waals surface area contributed by atoms with Crippen molar-refractivity contribution in [3.8, 4) is 5.75 Å². The lowest BCUT2D eigenvalue weighted by Gasteiger charge is -2.27. The van der Waals surface area contributed by atoms with Crippen molar-refractivity contribution in [3.63, 3.8) is 0 Å². The van der Waals surface area contributed by atoms with Gasteiger partial charge in [0.2, 0.25) is 5.91 Å². The van der Waals surface area contributed by atoms with E-state index in [-0.39, 0.29) is 30.3 Å². The number of nitrogens with one attached hydrogen (secondary N) is 1. The average Bonchev–Trinajstić information content (AvgIpc) is 3.37. The molecule has 1 heterocycles. The lowest BCUT2D eigenvalue weighted by Crippen LogP contribution is -2.43. The number of benzene rings is 2. The molecule has 1 saturated heterocycles. The molecule has 2 aliphatic rings. The lowest BCUT2D eigenvalue weighted by atomic mass is 10.1. The third-order valence-corrected chi connectivity index (χ3v) is 6.06. The molecule has 8 heteroatoms. The van der Waals surface area contributed by atoms with Gasteiger partial charge in [-0.2, -0.15) is 0 Å². The van der Waals surface area contributed by atoms with Gasteiger partial charge in [-0.1, -0.05) is 24.4 Å². The van der Waals surface area contributed by atoms with Crippen LogP contribution in [0.1, 0.15) is 32.1 Å². The molecule has 1 aliphatic heterocycles. The molecule has 31 heavy (non-hydrogen) atoms. The Balaban J connectivity index is 1.57. The molecule has 2 aromatic carbocycles. The van der Waals surface area contributed by atoms with Gasteiger partial charge < -0.3 is 15.0 Å². The van der Waals surface area contributed by atoms with Crippen molar-refractivity contribution in [2.75, 3.05) is 17.3 Å². The van der Waals surface area contributed by atoms with Crippen molar-refractivity contribution in [1.82, 2.24) is 4.90 Å². The molecule has 1 aliphatic carbocycles. The Morgan fingerprint density at radius 3 is 2.32 bits per heavy atom. The van der Waals surface area contributed by atoms with Gasteiger partial charge in [0.1, 0.15) is 11.8 Å². The number of nitrogens with zero attached hydrogens (tertiary/aromatic N) is 2. The van der Waals surface area contributed by atoms with E-state index in [9.17, 15) is 14.4 Å². The van der Waals surface area contributed by atoms with Gasteiger partial charge in [0.25, 0.3) is 5.91 Å². The highest BCUT2D eigenvalue weighted by atomic mass is 35.5. The molecule has 2 aromatic rings. The predicted molar refractivity (Wildman–Crippen MR) is 118 cm³/mol. The Morgan fingerprint density at radius 2 is 1.71 bits per heavy atom. The number of anilines is 2. The molecule has 0 radical (unpaired) electrons. The molecule has 2 fully saturated rings. The second-order valence-electron chi connectivity index (χ2n) is 7.77. The molecule has 162 valence electrons. The minimum absolute atomic E-state index is 0.0342. The first kappa shape index (κ1) is 21.2. The number of hydrogen-bond acceptors (Lipinski definition) is 4. The van der Waals surface area contributed by atoms with Crippen LogP contribution in [-0.4, -0.2) is 41.9 Å². The highest BCUT2D eigenvalue weighted by Crippen LogP contribution is 2.34. The second-order valence-corrected chi connectivity index (χ2v) is 8.21. The molecular formula is C23H24ClN3O4. The van der Waals surface area contributed by atoms with Gasteiger partial charge in [-0.15, -0.1) is 0 Å². The van der Waals surface area contributed by atoms with Gasteiger partial charge in [0.15, 0.2) is 0 Å². The first-order valence-corrected chi connectivity index (χ1v) is 10.7. The SMILES string of the molecule is COc1ccc(N2C(=O)[C@@H](CC(=O)Nc3ccc(Cl)cc3)N(C3CCCC3)C2=O)cc1. The molecule has 1 atom stereocenters. The summed E-state index contributed by atoms with van der Waals surface area (Å²) in [6.45, 7) is 0. The summed E-state index contributed by atoms with van der Waals surface area (Å²) in [5, 5.41) is 3.36. The number of carbonyl (C=O) groups is 3. The van der Waals surface area contributed by atoms with Gasteiger partial charge in [-0.25, -0.2) is 9.69 Å². The van der Waals surface area contributed by atoms with Crippen molar-refractivity contribution >= 4 is 40.8 Å². The molecular weight excluding hydrogens is 418 g/mol. The molecule has 7 nitrogen and oxygen atoms in total. The van der Waals surface area contributed by atoms with Crippen LogP contribution in [0.4, 0.5) is 16.2 Å². The van der Waals surface area contributed by atoms with Crippen molar-refractivity contribution in [1.29, 1.82) is 0 Å². The molecule has 4 amide bonds. The minimum Gasteiger partial charge on any atom is -0.497 e. The van der Waals surface area contributed by atoms with Crippen molar-refractivity contribution in [2.24, 2.45) is 0 Å². The van der Waals surface area contributed by atoms with Gasteiger partial charge in [-0.3, -0.25) is 9.59 Å². The maximum absolute atomic E-state index is 13.3. The number of methoxy groups -OCH3 is 1. The number of urea groups is 1. The Morgan fingerprint density at radius 1 is 1.06 bits per heavy atom. The molecule has 1 saturated carbocycles. The highest BCUT2D eigenvalue weighted by Gasteiger charge is 2.49. The van der Waals surface area contributed by atoms with E-state index in [1.54, 1.807) is 60.5 Å². The average molecular weight is 442 g/mol. The maximum atomic E-state index is 13.3. The number of imide groups is 1. The number of halogens is 1. The zero-order valence-corrected chi connectivity index (χ0v) is 18.0. The van der Waals surface area contributed by atoms with Crippen LogP contribution in [0.2, 0.25) is 5.02 Å². The van der Waals surface area contributed by atoms with E-state index in [4.69, 9.17) is 16.3 Å². The summed E-state index contributed by atoms with van der Waals surface area (Å²) in [7, 11) is 1.55. The molecule has 0 unspecified atom stereocenters. The number of rotatable bonds is 6. The first-order chi connectivity index (χ1) is 15.0. The summed E-state index contributed by atoms with van der Waals surface area (Å²) < 4.78 is 5.17. The monoisotopic (exact) mass is 441 g/mol. The fourth-order valence-corrected chi connectivity index (χ4v) is 4.41. The molecule has 0 aromatic heterocycles. The van der Waals surface area contributed by atoms with Gasteiger partial charge >= 0.3 is 6.03 Å². The number of amides is 4. The van der Waals surface area contributed by atoms with Crippen LogP contribution in [0.3, 0.4) is 0 Å². The fourth-order valence-electron chi connectivity index (χ4n) is 4.28. The molecule has 1 N–H and O–H groups in total. The summed E-state index contributed by atoms with van der Waals surface area (Å²) in [6.07, 6.45) is 3.59. The minimum atomic E-state index is -0.829. The summed E-state index contributed by atoms with van der Waals surface area (Å²) in [6, 6.07) is 12.3. The highest BCUT2D eigenvalue weighted by molar-refractivity contribution is 6.30. The predicted octanol–water partition coefficient (Wildman–Crippen LogP) is 4.46. The summed E-state index contributed by atoms with van der Waals surface area (Å²) >= 11 is 5.89. The quantitative estimate of drug-likeness (QED) is 0.671. The Labute approximate surface area is 185 Å². The zero-order chi connectivity index (χ0) is 22.0. The van der Waals surface area contributed by atoms with Crippen LogP contribution >= 0.6 is 11.6 Å². The van der Waals surface area contributed by atoms with Gasteiger partial charge in [0.05, 0.1) is 19.2 Å².